The van der Waals surface area contributed by atoms with Gasteiger partial charge in [-0.3, -0.25) is 9.59 Å². The van der Waals surface area contributed by atoms with Gasteiger partial charge in [-0.2, -0.15) is 0 Å². The Labute approximate surface area is 166 Å². The highest BCUT2D eigenvalue weighted by atomic mass is 16.5. The summed E-state index contributed by atoms with van der Waals surface area (Å²) in [4.78, 5) is 29.3. The summed E-state index contributed by atoms with van der Waals surface area (Å²) in [6.45, 7) is 6.73. The highest BCUT2D eigenvalue weighted by Gasteiger charge is 2.48. The lowest BCUT2D eigenvalue weighted by Crippen LogP contribution is -2.44. The zero-order valence-electron chi connectivity index (χ0n) is 17.3. The first-order chi connectivity index (χ1) is 13.2. The quantitative estimate of drug-likeness (QED) is 0.825. The van der Waals surface area contributed by atoms with E-state index in [2.05, 4.69) is 24.1 Å². The molecule has 1 heterocycles. The number of hydrogen-bond acceptors (Lipinski definition) is 3. The molecular formula is C23H30N2O3. The predicted octanol–water partition coefficient (Wildman–Crippen LogP) is 4.36. The van der Waals surface area contributed by atoms with Gasteiger partial charge >= 0.3 is 0 Å². The zero-order valence-corrected chi connectivity index (χ0v) is 17.3. The highest BCUT2D eigenvalue weighted by Crippen LogP contribution is 2.48. The summed E-state index contributed by atoms with van der Waals surface area (Å²) >= 11 is 0. The van der Waals surface area contributed by atoms with Crippen LogP contribution in [0.1, 0.15) is 79.3 Å². The van der Waals surface area contributed by atoms with Crippen LogP contribution < -0.4 is 5.32 Å². The van der Waals surface area contributed by atoms with Crippen LogP contribution in [-0.4, -0.2) is 36.4 Å². The van der Waals surface area contributed by atoms with Gasteiger partial charge in [0.2, 0.25) is 0 Å². The normalized spacial score (nSPS) is 24.5. The van der Waals surface area contributed by atoms with Crippen molar-refractivity contribution in [3.8, 4) is 0 Å². The van der Waals surface area contributed by atoms with Crippen molar-refractivity contribution in [2.75, 3.05) is 13.7 Å². The third-order valence-corrected chi connectivity index (χ3v) is 6.50. The first-order valence-electron chi connectivity index (χ1n) is 10.3. The largest absolute Gasteiger partial charge is 0.384 e. The molecule has 2 aliphatic rings. The van der Waals surface area contributed by atoms with E-state index in [0.717, 1.165) is 29.3 Å². The third kappa shape index (κ3) is 3.06. The van der Waals surface area contributed by atoms with Crippen molar-refractivity contribution >= 4 is 22.6 Å². The van der Waals surface area contributed by atoms with Gasteiger partial charge in [0, 0.05) is 29.6 Å². The fourth-order valence-corrected chi connectivity index (χ4v) is 5.43. The molecule has 1 saturated carbocycles. The number of hydrogen-bond donors (Lipinski definition) is 2. The SMILES string of the molecule is COCC1(C)CC(C)(C)c2c([nH]c3ccc(C(=O)NC4CCCC4)cc23)C1=O. The lowest BCUT2D eigenvalue weighted by molar-refractivity contribution is 0.0439. The lowest BCUT2D eigenvalue weighted by atomic mass is 9.62. The second kappa shape index (κ2) is 6.73. The highest BCUT2D eigenvalue weighted by molar-refractivity contribution is 6.08. The van der Waals surface area contributed by atoms with Crippen molar-refractivity contribution in [3.63, 3.8) is 0 Å². The molecule has 0 saturated heterocycles. The van der Waals surface area contributed by atoms with Gasteiger partial charge in [-0.05, 0) is 55.4 Å². The monoisotopic (exact) mass is 382 g/mol. The number of Topliss-reactive ketones (excluding diaryl/α,β-unsaturated/α-hetero) is 1. The zero-order chi connectivity index (χ0) is 20.1. The van der Waals surface area contributed by atoms with Crippen molar-refractivity contribution in [2.24, 2.45) is 5.41 Å². The summed E-state index contributed by atoms with van der Waals surface area (Å²) in [5.41, 5.74) is 2.51. The lowest BCUT2D eigenvalue weighted by Gasteiger charge is -2.41. The number of carbonyl (C=O) groups excluding carboxylic acids is 2. The Kier molecular flexibility index (Phi) is 4.61. The smallest absolute Gasteiger partial charge is 0.251 e. The predicted molar refractivity (Wildman–Crippen MR) is 110 cm³/mol. The number of aromatic nitrogens is 1. The van der Waals surface area contributed by atoms with Crippen LogP contribution >= 0.6 is 0 Å². The Balaban J connectivity index is 1.75. The second-order valence-electron chi connectivity index (χ2n) is 9.47. The van der Waals surface area contributed by atoms with E-state index in [9.17, 15) is 9.59 Å². The molecule has 0 spiro atoms. The van der Waals surface area contributed by atoms with Crippen molar-refractivity contribution in [2.45, 2.75) is 64.3 Å². The van der Waals surface area contributed by atoms with Gasteiger partial charge in [-0.1, -0.05) is 26.7 Å². The van der Waals surface area contributed by atoms with Gasteiger partial charge in [-0.25, -0.2) is 0 Å². The standard InChI is InChI=1S/C23H30N2O3/c1-22(2)12-23(3,13-28-4)20(26)19-18(22)16-11-14(9-10-17(16)25-19)21(27)24-15-7-5-6-8-15/h9-11,15,25H,5-8,12-13H2,1-4H3,(H,24,27). The Bertz CT molecular complexity index is 937. The van der Waals surface area contributed by atoms with Crippen LogP contribution in [0, 0.1) is 5.41 Å². The molecule has 1 fully saturated rings. The molecule has 0 radical (unpaired) electrons. The van der Waals surface area contributed by atoms with E-state index >= 15 is 0 Å². The summed E-state index contributed by atoms with van der Waals surface area (Å²) < 4.78 is 5.36. The molecule has 2 N–H and O–H groups in total. The minimum absolute atomic E-state index is 0.0205. The molecule has 0 bridgehead atoms. The maximum absolute atomic E-state index is 13.2. The summed E-state index contributed by atoms with van der Waals surface area (Å²) in [6.07, 6.45) is 5.21. The number of ether oxygens (including phenoxy) is 1. The number of ketones is 1. The van der Waals surface area contributed by atoms with E-state index in [0.29, 0.717) is 24.3 Å². The molecule has 1 aromatic heterocycles. The van der Waals surface area contributed by atoms with Crippen molar-refractivity contribution in [3.05, 3.63) is 35.0 Å². The molecule has 1 amide bonds. The molecule has 4 rings (SSSR count). The number of H-pyrrole nitrogens is 1. The van der Waals surface area contributed by atoms with Crippen molar-refractivity contribution in [1.29, 1.82) is 0 Å². The minimum Gasteiger partial charge on any atom is -0.384 e. The van der Waals surface area contributed by atoms with Crippen molar-refractivity contribution < 1.29 is 14.3 Å². The Morgan fingerprint density at radius 1 is 1.25 bits per heavy atom. The van der Waals surface area contributed by atoms with E-state index in [1.54, 1.807) is 7.11 Å². The van der Waals surface area contributed by atoms with Gasteiger partial charge in [0.25, 0.3) is 5.91 Å². The van der Waals surface area contributed by atoms with E-state index in [1.165, 1.54) is 12.8 Å². The third-order valence-electron chi connectivity index (χ3n) is 6.50. The van der Waals surface area contributed by atoms with Crippen molar-refractivity contribution in [1.82, 2.24) is 10.3 Å². The average molecular weight is 383 g/mol. The van der Waals surface area contributed by atoms with E-state index in [4.69, 9.17) is 4.74 Å². The van der Waals surface area contributed by atoms with Crippen LogP contribution in [0.3, 0.4) is 0 Å². The van der Waals surface area contributed by atoms with Gasteiger partial charge in [0.15, 0.2) is 5.78 Å². The molecule has 2 aromatic rings. The molecule has 2 aliphatic carbocycles. The maximum Gasteiger partial charge on any atom is 0.251 e. The summed E-state index contributed by atoms with van der Waals surface area (Å²) in [6, 6.07) is 6.01. The summed E-state index contributed by atoms with van der Waals surface area (Å²) in [5, 5.41) is 4.14. The van der Waals surface area contributed by atoms with E-state index < -0.39 is 5.41 Å². The number of aromatic amines is 1. The molecule has 5 heteroatoms. The number of methoxy groups -OCH3 is 1. The summed E-state index contributed by atoms with van der Waals surface area (Å²) in [7, 11) is 1.64. The minimum atomic E-state index is -0.547. The topological polar surface area (TPSA) is 71.2 Å². The number of benzene rings is 1. The molecule has 150 valence electrons. The second-order valence-corrected chi connectivity index (χ2v) is 9.47. The summed E-state index contributed by atoms with van der Waals surface area (Å²) in [5.74, 6) is 0.0738. The Morgan fingerprint density at radius 2 is 1.96 bits per heavy atom. The maximum atomic E-state index is 13.2. The molecule has 1 unspecified atom stereocenters. The van der Waals surface area contributed by atoms with E-state index in [-0.39, 0.29) is 23.1 Å². The number of fused-ring (bicyclic) bond motifs is 3. The number of nitrogens with one attached hydrogen (secondary N) is 2. The number of carbonyl (C=O) groups is 2. The van der Waals surface area contributed by atoms with Gasteiger partial charge in [0.05, 0.1) is 17.7 Å². The number of rotatable bonds is 4. The van der Waals surface area contributed by atoms with Crippen LogP contribution in [-0.2, 0) is 10.2 Å². The number of amides is 1. The molecule has 28 heavy (non-hydrogen) atoms. The Morgan fingerprint density at radius 3 is 2.64 bits per heavy atom. The van der Waals surface area contributed by atoms with Crippen LogP contribution in [0.2, 0.25) is 0 Å². The molecule has 0 aliphatic heterocycles. The van der Waals surface area contributed by atoms with Crippen LogP contribution in [0.5, 0.6) is 0 Å². The Hall–Kier alpha value is -2.14. The van der Waals surface area contributed by atoms with Gasteiger partial charge in [-0.15, -0.1) is 0 Å². The molecular weight excluding hydrogens is 352 g/mol. The first kappa shape index (κ1) is 19.2. The molecule has 1 atom stereocenters. The average Bonchev–Trinajstić information content (AvgIpc) is 3.26. The van der Waals surface area contributed by atoms with Gasteiger partial charge < -0.3 is 15.0 Å². The van der Waals surface area contributed by atoms with Crippen LogP contribution in [0.15, 0.2) is 18.2 Å². The van der Waals surface area contributed by atoms with Crippen LogP contribution in [0.25, 0.3) is 10.9 Å². The molecule has 1 aromatic carbocycles. The fraction of sp³-hybridized carbons (Fsp3) is 0.565. The molecule has 5 nitrogen and oxygen atoms in total. The first-order valence-corrected chi connectivity index (χ1v) is 10.3. The van der Waals surface area contributed by atoms with Crippen LogP contribution in [0.4, 0.5) is 0 Å². The van der Waals surface area contributed by atoms with E-state index in [1.807, 2.05) is 25.1 Å². The van der Waals surface area contributed by atoms with Gasteiger partial charge in [0.1, 0.15) is 0 Å². The fourth-order valence-electron chi connectivity index (χ4n) is 5.43.